The van der Waals surface area contributed by atoms with Crippen LogP contribution in [0.2, 0.25) is 0 Å². The molecule has 9 heteroatoms. The van der Waals surface area contributed by atoms with Crippen LogP contribution >= 0.6 is 0 Å². The van der Waals surface area contributed by atoms with Gasteiger partial charge in [-0.1, -0.05) is 6.07 Å². The van der Waals surface area contributed by atoms with Crippen molar-refractivity contribution in [3.05, 3.63) is 36.4 Å². The number of rotatable bonds is 5. The van der Waals surface area contributed by atoms with E-state index in [9.17, 15) is 14.4 Å². The summed E-state index contributed by atoms with van der Waals surface area (Å²) in [5.74, 6) is -0.366. The number of aromatic nitrogens is 3. The summed E-state index contributed by atoms with van der Waals surface area (Å²) in [7, 11) is 1.87. The molecule has 2 aliphatic rings. The lowest BCUT2D eigenvalue weighted by Gasteiger charge is -2.41. The van der Waals surface area contributed by atoms with Crippen LogP contribution in [-0.2, 0) is 21.4 Å². The number of amides is 3. The molecule has 0 spiro atoms. The molecule has 1 atom stereocenters. The molecule has 2 aromatic rings. The van der Waals surface area contributed by atoms with Crippen LogP contribution in [0.3, 0.4) is 0 Å². The highest BCUT2D eigenvalue weighted by molar-refractivity contribution is 5.93. The van der Waals surface area contributed by atoms with Gasteiger partial charge in [0.1, 0.15) is 5.54 Å². The predicted molar refractivity (Wildman–Crippen MR) is 118 cm³/mol. The Bertz CT molecular complexity index is 1010. The molecule has 2 aliphatic heterocycles. The largest absolute Gasteiger partial charge is 0.352 e. The summed E-state index contributed by atoms with van der Waals surface area (Å²) in [6.07, 6.45) is 7.57. The molecule has 3 amide bonds. The number of nitrogens with one attached hydrogen (secondary N) is 1. The number of piperazine rings is 1. The fraction of sp³-hybridized carbons (Fsp3) is 0.522. The Morgan fingerprint density at radius 2 is 1.91 bits per heavy atom. The van der Waals surface area contributed by atoms with E-state index in [2.05, 4.69) is 15.4 Å². The summed E-state index contributed by atoms with van der Waals surface area (Å²) in [4.78, 5) is 45.9. The first-order valence-electron chi connectivity index (χ1n) is 11.1. The zero-order chi connectivity index (χ0) is 22.9. The van der Waals surface area contributed by atoms with E-state index in [1.165, 1.54) is 0 Å². The number of hydrogen-bond acceptors (Lipinski definition) is 5. The zero-order valence-corrected chi connectivity index (χ0v) is 18.9. The minimum Gasteiger partial charge on any atom is -0.352 e. The fourth-order valence-electron chi connectivity index (χ4n) is 4.54. The molecular weight excluding hydrogens is 408 g/mol. The summed E-state index contributed by atoms with van der Waals surface area (Å²) >= 11 is 0. The van der Waals surface area contributed by atoms with E-state index in [1.807, 2.05) is 36.5 Å². The second kappa shape index (κ2) is 8.72. The molecule has 0 bridgehead atoms. The van der Waals surface area contributed by atoms with E-state index in [0.717, 1.165) is 29.7 Å². The van der Waals surface area contributed by atoms with Gasteiger partial charge in [0.15, 0.2) is 0 Å². The van der Waals surface area contributed by atoms with E-state index in [-0.39, 0.29) is 36.6 Å². The summed E-state index contributed by atoms with van der Waals surface area (Å²) in [6, 6.07) is 3.91. The molecule has 2 aromatic heterocycles. The van der Waals surface area contributed by atoms with Crippen LogP contribution in [0, 0.1) is 0 Å². The van der Waals surface area contributed by atoms with Gasteiger partial charge in [0, 0.05) is 63.0 Å². The molecule has 0 unspecified atom stereocenters. The van der Waals surface area contributed by atoms with Gasteiger partial charge in [-0.25, -0.2) is 0 Å². The average molecular weight is 439 g/mol. The van der Waals surface area contributed by atoms with Gasteiger partial charge in [-0.2, -0.15) is 5.10 Å². The summed E-state index contributed by atoms with van der Waals surface area (Å²) < 4.78 is 1.75. The summed E-state index contributed by atoms with van der Waals surface area (Å²) in [6.45, 7) is 5.04. The Balaban J connectivity index is 1.38. The maximum atomic E-state index is 13.0. The lowest BCUT2D eigenvalue weighted by molar-refractivity contribution is -0.150. The third-order valence-corrected chi connectivity index (χ3v) is 6.44. The zero-order valence-electron chi connectivity index (χ0n) is 18.9. The van der Waals surface area contributed by atoms with Crippen molar-refractivity contribution < 1.29 is 14.4 Å². The Hall–Kier alpha value is -3.23. The molecule has 2 saturated heterocycles. The van der Waals surface area contributed by atoms with Gasteiger partial charge < -0.3 is 15.1 Å². The lowest BCUT2D eigenvalue weighted by atomic mass is 9.98. The third-order valence-electron chi connectivity index (χ3n) is 6.44. The molecule has 0 radical (unpaired) electrons. The van der Waals surface area contributed by atoms with E-state index in [4.69, 9.17) is 0 Å². The maximum Gasteiger partial charge on any atom is 0.245 e. The van der Waals surface area contributed by atoms with Crippen molar-refractivity contribution in [1.29, 1.82) is 0 Å². The number of hydrogen-bond donors (Lipinski definition) is 1. The van der Waals surface area contributed by atoms with Crippen molar-refractivity contribution in [2.75, 3.05) is 19.6 Å². The van der Waals surface area contributed by atoms with Gasteiger partial charge in [-0.15, -0.1) is 0 Å². The number of carbonyl (C=O) groups is 3. The molecule has 4 heterocycles. The van der Waals surface area contributed by atoms with Crippen LogP contribution in [0.25, 0.3) is 11.1 Å². The monoisotopic (exact) mass is 438 g/mol. The highest BCUT2D eigenvalue weighted by Gasteiger charge is 2.40. The highest BCUT2D eigenvalue weighted by Crippen LogP contribution is 2.32. The van der Waals surface area contributed by atoms with Crippen molar-refractivity contribution >= 4 is 17.7 Å². The van der Waals surface area contributed by atoms with Crippen molar-refractivity contribution in [2.24, 2.45) is 7.05 Å². The Kier molecular flexibility index (Phi) is 5.99. The molecule has 0 aliphatic carbocycles. The molecule has 4 rings (SSSR count). The van der Waals surface area contributed by atoms with E-state index >= 15 is 0 Å². The van der Waals surface area contributed by atoms with Gasteiger partial charge in [-0.05, 0) is 32.8 Å². The van der Waals surface area contributed by atoms with Gasteiger partial charge >= 0.3 is 0 Å². The van der Waals surface area contributed by atoms with E-state index < -0.39 is 5.54 Å². The van der Waals surface area contributed by atoms with E-state index in [1.54, 1.807) is 29.6 Å². The number of nitrogens with zero attached hydrogens (tertiary/aromatic N) is 5. The molecule has 0 aromatic carbocycles. The lowest BCUT2D eigenvalue weighted by Crippen LogP contribution is -2.63. The highest BCUT2D eigenvalue weighted by atomic mass is 16.2. The normalized spacial score (nSPS) is 20.3. The fourth-order valence-corrected chi connectivity index (χ4v) is 4.54. The topological polar surface area (TPSA) is 100 Å². The van der Waals surface area contributed by atoms with Crippen LogP contribution < -0.4 is 5.32 Å². The molecule has 2 fully saturated rings. The Morgan fingerprint density at radius 1 is 1.12 bits per heavy atom. The minimum atomic E-state index is -0.894. The second-order valence-corrected chi connectivity index (χ2v) is 8.98. The number of aryl methyl sites for hydroxylation is 1. The number of carbonyl (C=O) groups excluding carboxylic acids is 3. The molecular formula is C23H30N6O3. The van der Waals surface area contributed by atoms with Crippen molar-refractivity contribution in [3.63, 3.8) is 0 Å². The quantitative estimate of drug-likeness (QED) is 0.765. The van der Waals surface area contributed by atoms with Gasteiger partial charge in [-0.3, -0.25) is 24.0 Å². The first-order valence-corrected chi connectivity index (χ1v) is 11.1. The SMILES string of the molecule is Cn1cc(-c2ccc([C@H]3CCCN3C(=O)CCC(=O)N3CCNC(=O)C3(C)C)nc2)cn1. The molecule has 1 N–H and O–H groups in total. The van der Waals surface area contributed by atoms with Crippen LogP contribution in [0.5, 0.6) is 0 Å². The standard InChI is InChI=1S/C23H30N6O3/c1-23(2)22(32)24-10-12-29(23)21(31)9-8-20(30)28-11-4-5-19(28)18-7-6-16(13-25-18)17-14-26-27(3)15-17/h6-7,13-15,19H,4-5,8-12H2,1-3H3,(H,24,32)/t19-/m1/s1. The Labute approximate surface area is 187 Å². The molecule has 0 saturated carbocycles. The third kappa shape index (κ3) is 4.24. The molecule has 32 heavy (non-hydrogen) atoms. The van der Waals surface area contributed by atoms with Crippen LogP contribution in [0.1, 0.15) is 51.3 Å². The van der Waals surface area contributed by atoms with Crippen LogP contribution in [0.4, 0.5) is 0 Å². The Morgan fingerprint density at radius 3 is 2.59 bits per heavy atom. The smallest absolute Gasteiger partial charge is 0.245 e. The second-order valence-electron chi connectivity index (χ2n) is 8.98. The van der Waals surface area contributed by atoms with Crippen LogP contribution in [0.15, 0.2) is 30.7 Å². The minimum absolute atomic E-state index is 0.0433. The van der Waals surface area contributed by atoms with E-state index in [0.29, 0.717) is 19.6 Å². The average Bonchev–Trinajstić information content (AvgIpc) is 3.43. The molecule has 9 nitrogen and oxygen atoms in total. The van der Waals surface area contributed by atoms with Crippen molar-refractivity contribution in [1.82, 2.24) is 29.9 Å². The number of likely N-dealkylation sites (tertiary alicyclic amines) is 1. The van der Waals surface area contributed by atoms with Gasteiger partial charge in [0.25, 0.3) is 0 Å². The first kappa shape index (κ1) is 22.0. The van der Waals surface area contributed by atoms with Gasteiger partial charge in [0.2, 0.25) is 17.7 Å². The predicted octanol–water partition coefficient (Wildman–Crippen LogP) is 1.66. The summed E-state index contributed by atoms with van der Waals surface area (Å²) in [5, 5.41) is 6.98. The summed E-state index contributed by atoms with van der Waals surface area (Å²) in [5.41, 5.74) is 1.95. The van der Waals surface area contributed by atoms with Crippen molar-refractivity contribution in [2.45, 2.75) is 51.1 Å². The molecule has 170 valence electrons. The number of pyridine rings is 1. The van der Waals surface area contributed by atoms with Crippen LogP contribution in [-0.4, -0.2) is 67.5 Å². The first-order chi connectivity index (χ1) is 15.3. The van der Waals surface area contributed by atoms with Crippen molar-refractivity contribution in [3.8, 4) is 11.1 Å². The maximum absolute atomic E-state index is 13.0. The van der Waals surface area contributed by atoms with Gasteiger partial charge in [0.05, 0.1) is 17.9 Å².